The molecular formula is C12H16FN3O2. The zero-order chi connectivity index (χ0) is 13.7. The minimum absolute atomic E-state index is 0.0672. The number of rotatable bonds is 4. The molecule has 0 radical (unpaired) electrons. The van der Waals surface area contributed by atoms with Gasteiger partial charge >= 0.3 is 0 Å². The van der Waals surface area contributed by atoms with Crippen molar-refractivity contribution >= 4 is 17.5 Å². The van der Waals surface area contributed by atoms with Crippen LogP contribution >= 0.6 is 0 Å². The van der Waals surface area contributed by atoms with Gasteiger partial charge in [0.15, 0.2) is 0 Å². The molecule has 0 aliphatic carbocycles. The lowest BCUT2D eigenvalue weighted by atomic mass is 10.1. The molecule has 0 spiro atoms. The molecule has 18 heavy (non-hydrogen) atoms. The fourth-order valence-corrected chi connectivity index (χ4v) is 1.50. The number of hydrogen-bond donors (Lipinski definition) is 2. The lowest BCUT2D eigenvalue weighted by Crippen LogP contribution is -2.39. The molecule has 0 saturated heterocycles. The summed E-state index contributed by atoms with van der Waals surface area (Å²) in [5, 5.41) is 2.43. The normalized spacial score (nSPS) is 9.94. The Morgan fingerprint density at radius 2 is 2.06 bits per heavy atom. The number of amides is 2. The van der Waals surface area contributed by atoms with Gasteiger partial charge in [-0.05, 0) is 25.1 Å². The fourth-order valence-electron chi connectivity index (χ4n) is 1.50. The number of nitrogens with two attached hydrogens (primary N) is 1. The van der Waals surface area contributed by atoms with Gasteiger partial charge in [-0.15, -0.1) is 0 Å². The summed E-state index contributed by atoms with van der Waals surface area (Å²) in [4.78, 5) is 24.6. The van der Waals surface area contributed by atoms with Crippen LogP contribution in [0.4, 0.5) is 10.1 Å². The number of likely N-dealkylation sites (N-methyl/N-ethyl adjacent to an activating group) is 2. The average Bonchev–Trinajstić information content (AvgIpc) is 2.33. The molecule has 2 amide bonds. The standard InChI is InChI=1S/C12H16FN3O2/c1-3-16(7-11(17)15-2)12(18)8-4-9(13)6-10(14)5-8/h4-6H,3,7,14H2,1-2H3,(H,15,17). The van der Waals surface area contributed by atoms with Gasteiger partial charge in [-0.25, -0.2) is 4.39 Å². The molecule has 0 unspecified atom stereocenters. The number of carbonyl (C=O) groups excluding carboxylic acids is 2. The average molecular weight is 253 g/mol. The number of carbonyl (C=O) groups is 2. The van der Waals surface area contributed by atoms with Crippen molar-refractivity contribution in [2.75, 3.05) is 25.9 Å². The third-order valence-corrected chi connectivity index (χ3v) is 2.45. The summed E-state index contributed by atoms with van der Waals surface area (Å²) in [6, 6.07) is 3.62. The van der Waals surface area contributed by atoms with Gasteiger partial charge in [0.25, 0.3) is 5.91 Å². The minimum Gasteiger partial charge on any atom is -0.399 e. The molecule has 6 heteroatoms. The van der Waals surface area contributed by atoms with E-state index in [1.807, 2.05) is 0 Å². The molecule has 1 rings (SSSR count). The SMILES string of the molecule is CCN(CC(=O)NC)C(=O)c1cc(N)cc(F)c1. The van der Waals surface area contributed by atoms with E-state index in [0.717, 1.165) is 12.1 Å². The predicted molar refractivity (Wildman–Crippen MR) is 66.5 cm³/mol. The molecule has 0 fully saturated rings. The number of nitrogen functional groups attached to an aromatic ring is 1. The Morgan fingerprint density at radius 1 is 1.39 bits per heavy atom. The predicted octanol–water partition coefficient (Wildman–Crippen LogP) is 0.616. The first kappa shape index (κ1) is 14.0. The van der Waals surface area contributed by atoms with Crippen LogP contribution in [0.5, 0.6) is 0 Å². The number of nitrogens with zero attached hydrogens (tertiary/aromatic N) is 1. The van der Waals surface area contributed by atoms with Gasteiger partial charge < -0.3 is 16.0 Å². The molecule has 0 heterocycles. The Kier molecular flexibility index (Phi) is 4.65. The second-order valence-electron chi connectivity index (χ2n) is 3.77. The molecule has 0 aliphatic rings. The Balaban J connectivity index is 2.92. The minimum atomic E-state index is -0.575. The van der Waals surface area contributed by atoms with Crippen LogP contribution in [0.1, 0.15) is 17.3 Å². The molecule has 0 bridgehead atoms. The van der Waals surface area contributed by atoms with E-state index in [-0.39, 0.29) is 23.7 Å². The van der Waals surface area contributed by atoms with E-state index < -0.39 is 11.7 Å². The first-order chi connectivity index (χ1) is 8.47. The van der Waals surface area contributed by atoms with E-state index in [9.17, 15) is 14.0 Å². The third-order valence-electron chi connectivity index (χ3n) is 2.45. The Labute approximate surface area is 105 Å². The highest BCUT2D eigenvalue weighted by Gasteiger charge is 2.17. The second-order valence-corrected chi connectivity index (χ2v) is 3.77. The van der Waals surface area contributed by atoms with Crippen molar-refractivity contribution in [2.24, 2.45) is 0 Å². The summed E-state index contributed by atoms with van der Waals surface area (Å²) in [6.45, 7) is 2.02. The number of anilines is 1. The molecule has 1 aromatic rings. The molecular weight excluding hydrogens is 237 g/mol. The van der Waals surface area contributed by atoms with Crippen LogP contribution in [0.3, 0.4) is 0 Å². The van der Waals surface area contributed by atoms with E-state index in [1.165, 1.54) is 18.0 Å². The largest absolute Gasteiger partial charge is 0.399 e. The quantitative estimate of drug-likeness (QED) is 0.772. The van der Waals surface area contributed by atoms with E-state index in [4.69, 9.17) is 5.73 Å². The summed E-state index contributed by atoms with van der Waals surface area (Å²) < 4.78 is 13.2. The highest BCUT2D eigenvalue weighted by atomic mass is 19.1. The Bertz CT molecular complexity index is 442. The number of halogens is 1. The molecule has 0 aliphatic heterocycles. The van der Waals surface area contributed by atoms with E-state index in [0.29, 0.717) is 6.54 Å². The van der Waals surface area contributed by atoms with Gasteiger partial charge in [0, 0.05) is 24.8 Å². The highest BCUT2D eigenvalue weighted by Crippen LogP contribution is 2.13. The van der Waals surface area contributed by atoms with Gasteiger partial charge in [-0.3, -0.25) is 9.59 Å². The number of nitrogens with one attached hydrogen (secondary N) is 1. The summed E-state index contributed by atoms with van der Waals surface area (Å²) in [7, 11) is 1.49. The highest BCUT2D eigenvalue weighted by molar-refractivity contribution is 5.97. The Hall–Kier alpha value is -2.11. The van der Waals surface area contributed by atoms with Crippen molar-refractivity contribution in [3.05, 3.63) is 29.6 Å². The second kappa shape index (κ2) is 6.00. The molecule has 0 saturated carbocycles. The van der Waals surface area contributed by atoms with Crippen LogP contribution in [0.2, 0.25) is 0 Å². The molecule has 0 atom stereocenters. The first-order valence-corrected chi connectivity index (χ1v) is 5.53. The van der Waals surface area contributed by atoms with Gasteiger partial charge in [0.05, 0.1) is 6.54 Å². The van der Waals surface area contributed by atoms with E-state index in [2.05, 4.69) is 5.32 Å². The maximum absolute atomic E-state index is 13.2. The van der Waals surface area contributed by atoms with Gasteiger partial charge in [-0.1, -0.05) is 0 Å². The van der Waals surface area contributed by atoms with Crippen molar-refractivity contribution in [3.63, 3.8) is 0 Å². The molecule has 5 nitrogen and oxygen atoms in total. The maximum Gasteiger partial charge on any atom is 0.254 e. The van der Waals surface area contributed by atoms with Crippen LogP contribution in [-0.2, 0) is 4.79 Å². The number of hydrogen-bond acceptors (Lipinski definition) is 3. The lowest BCUT2D eigenvalue weighted by molar-refractivity contribution is -0.121. The first-order valence-electron chi connectivity index (χ1n) is 5.53. The van der Waals surface area contributed by atoms with Crippen LogP contribution in [0.25, 0.3) is 0 Å². The van der Waals surface area contributed by atoms with Crippen molar-refractivity contribution in [1.29, 1.82) is 0 Å². The third kappa shape index (κ3) is 3.44. The van der Waals surface area contributed by atoms with Crippen LogP contribution in [0.15, 0.2) is 18.2 Å². The van der Waals surface area contributed by atoms with Crippen LogP contribution < -0.4 is 11.1 Å². The van der Waals surface area contributed by atoms with Gasteiger partial charge in [0.2, 0.25) is 5.91 Å². The maximum atomic E-state index is 13.2. The molecule has 3 N–H and O–H groups in total. The van der Waals surface area contributed by atoms with Crippen molar-refractivity contribution in [2.45, 2.75) is 6.92 Å². The van der Waals surface area contributed by atoms with Crippen LogP contribution in [0, 0.1) is 5.82 Å². The van der Waals surface area contributed by atoms with Crippen LogP contribution in [-0.4, -0.2) is 36.9 Å². The fraction of sp³-hybridized carbons (Fsp3) is 0.333. The molecule has 98 valence electrons. The zero-order valence-electron chi connectivity index (χ0n) is 10.4. The van der Waals surface area contributed by atoms with E-state index >= 15 is 0 Å². The summed E-state index contributed by atoms with van der Waals surface area (Å²) >= 11 is 0. The molecule has 1 aromatic carbocycles. The smallest absolute Gasteiger partial charge is 0.254 e. The Morgan fingerprint density at radius 3 is 2.56 bits per heavy atom. The summed E-state index contributed by atoms with van der Waals surface area (Å²) in [5.74, 6) is -1.28. The monoisotopic (exact) mass is 253 g/mol. The molecule has 0 aromatic heterocycles. The lowest BCUT2D eigenvalue weighted by Gasteiger charge is -2.20. The topological polar surface area (TPSA) is 75.4 Å². The zero-order valence-corrected chi connectivity index (χ0v) is 10.4. The number of benzene rings is 1. The van der Waals surface area contributed by atoms with Gasteiger partial charge in [0.1, 0.15) is 5.82 Å². The van der Waals surface area contributed by atoms with Gasteiger partial charge in [-0.2, -0.15) is 0 Å². The van der Waals surface area contributed by atoms with Crippen molar-refractivity contribution in [1.82, 2.24) is 10.2 Å². The van der Waals surface area contributed by atoms with E-state index in [1.54, 1.807) is 6.92 Å². The van der Waals surface area contributed by atoms with Crippen molar-refractivity contribution in [3.8, 4) is 0 Å². The summed E-state index contributed by atoms with van der Waals surface area (Å²) in [6.07, 6.45) is 0. The summed E-state index contributed by atoms with van der Waals surface area (Å²) in [5.41, 5.74) is 5.79. The van der Waals surface area contributed by atoms with Crippen molar-refractivity contribution < 1.29 is 14.0 Å².